The van der Waals surface area contributed by atoms with Crippen molar-refractivity contribution in [3.63, 3.8) is 0 Å². The number of anilines is 1. The molecule has 9 heteroatoms. The first-order chi connectivity index (χ1) is 14.3. The Morgan fingerprint density at radius 2 is 1.90 bits per heavy atom. The lowest BCUT2D eigenvalue weighted by atomic mass is 10.1. The van der Waals surface area contributed by atoms with Crippen LogP contribution in [0.5, 0.6) is 17.2 Å². The molecule has 2 aromatic rings. The summed E-state index contributed by atoms with van der Waals surface area (Å²) < 4.78 is 42.8. The molecule has 2 atom stereocenters. The van der Waals surface area contributed by atoms with E-state index in [-0.39, 0.29) is 18.3 Å². The lowest BCUT2D eigenvalue weighted by Gasteiger charge is -2.35. The van der Waals surface area contributed by atoms with Gasteiger partial charge < -0.3 is 19.5 Å². The minimum absolute atomic E-state index is 0.0717. The molecule has 1 heterocycles. The third-order valence-electron chi connectivity index (χ3n) is 4.99. The summed E-state index contributed by atoms with van der Waals surface area (Å²) in [7, 11) is -0.460. The Morgan fingerprint density at radius 1 is 1.20 bits per heavy atom. The number of ether oxygens (including phenoxy) is 3. The third kappa shape index (κ3) is 4.30. The summed E-state index contributed by atoms with van der Waals surface area (Å²) >= 11 is 0. The largest absolute Gasteiger partial charge is 0.493 e. The lowest BCUT2D eigenvalue weighted by molar-refractivity contribution is -0.128. The second-order valence-corrected chi connectivity index (χ2v) is 9.03. The monoisotopic (exact) mass is 434 g/mol. The fourth-order valence-corrected chi connectivity index (χ4v) is 4.39. The number of rotatable bonds is 7. The minimum atomic E-state index is -3.56. The molecular weight excluding hydrogens is 408 g/mol. The summed E-state index contributed by atoms with van der Waals surface area (Å²) in [4.78, 5) is 12.9. The molecule has 1 aliphatic heterocycles. The van der Waals surface area contributed by atoms with Gasteiger partial charge in [-0.1, -0.05) is 18.2 Å². The van der Waals surface area contributed by atoms with Crippen LogP contribution in [0.4, 0.5) is 5.69 Å². The van der Waals surface area contributed by atoms with Crippen LogP contribution < -0.4 is 23.8 Å². The van der Waals surface area contributed by atoms with Gasteiger partial charge >= 0.3 is 0 Å². The molecule has 0 aliphatic carbocycles. The van der Waals surface area contributed by atoms with Crippen LogP contribution in [-0.4, -0.2) is 46.9 Å². The van der Waals surface area contributed by atoms with Crippen molar-refractivity contribution in [2.45, 2.75) is 26.0 Å². The number of hydrogen-bond acceptors (Lipinski definition) is 6. The average Bonchev–Trinajstić information content (AvgIpc) is 2.77. The molecule has 162 valence electrons. The summed E-state index contributed by atoms with van der Waals surface area (Å²) in [5.74, 6) is 1.03. The summed E-state index contributed by atoms with van der Waals surface area (Å²) in [5, 5.41) is 2.89. The molecule has 1 aliphatic rings. The van der Waals surface area contributed by atoms with Crippen LogP contribution in [0.2, 0.25) is 0 Å². The normalized spacial score (nSPS) is 16.8. The number of carbonyl (C=O) groups is 1. The van der Waals surface area contributed by atoms with Gasteiger partial charge in [-0.15, -0.1) is 0 Å². The highest BCUT2D eigenvalue weighted by atomic mass is 32.2. The van der Waals surface area contributed by atoms with E-state index in [1.165, 1.54) is 4.31 Å². The van der Waals surface area contributed by atoms with Crippen LogP contribution in [0, 0.1) is 0 Å². The molecule has 1 amide bonds. The van der Waals surface area contributed by atoms with Crippen LogP contribution in [0.15, 0.2) is 42.5 Å². The maximum absolute atomic E-state index is 12.9. The number of sulfonamides is 1. The van der Waals surface area contributed by atoms with Gasteiger partial charge in [0, 0.05) is 0 Å². The molecule has 0 radical (unpaired) electrons. The van der Waals surface area contributed by atoms with Gasteiger partial charge in [-0.05, 0) is 43.7 Å². The van der Waals surface area contributed by atoms with Gasteiger partial charge in [0.05, 0.1) is 38.2 Å². The Bertz CT molecular complexity index is 1020. The number of benzene rings is 2. The van der Waals surface area contributed by atoms with E-state index < -0.39 is 22.0 Å². The molecule has 0 spiro atoms. The molecular formula is C21H26N2O6S. The highest BCUT2D eigenvalue weighted by Gasteiger charge is 2.36. The molecule has 0 bridgehead atoms. The molecule has 0 saturated carbocycles. The molecule has 0 unspecified atom stereocenters. The highest BCUT2D eigenvalue weighted by Crippen LogP contribution is 2.35. The van der Waals surface area contributed by atoms with Gasteiger partial charge in [-0.3, -0.25) is 9.10 Å². The zero-order chi connectivity index (χ0) is 21.9. The predicted molar refractivity (Wildman–Crippen MR) is 114 cm³/mol. The van der Waals surface area contributed by atoms with Crippen molar-refractivity contribution in [1.29, 1.82) is 0 Å². The summed E-state index contributed by atoms with van der Waals surface area (Å²) in [6, 6.07) is 11.8. The SMILES string of the molecule is CCS(=O)(=O)N1C[C@H](C(=O)N[C@H](C)c2ccc(OC)c(OC)c2)Oc2ccccc21. The molecule has 3 rings (SSSR count). The third-order valence-corrected chi connectivity index (χ3v) is 6.74. The second kappa shape index (κ2) is 8.83. The Balaban J connectivity index is 1.80. The number of nitrogens with one attached hydrogen (secondary N) is 1. The van der Waals surface area contributed by atoms with Gasteiger partial charge in [-0.2, -0.15) is 0 Å². The fourth-order valence-electron chi connectivity index (χ4n) is 3.27. The van der Waals surface area contributed by atoms with Crippen molar-refractivity contribution < 1.29 is 27.4 Å². The van der Waals surface area contributed by atoms with Crippen LogP contribution >= 0.6 is 0 Å². The number of amides is 1. The van der Waals surface area contributed by atoms with E-state index in [2.05, 4.69) is 5.32 Å². The summed E-state index contributed by atoms with van der Waals surface area (Å²) in [6.07, 6.45) is -0.969. The van der Waals surface area contributed by atoms with E-state index in [4.69, 9.17) is 14.2 Å². The molecule has 2 aromatic carbocycles. The Morgan fingerprint density at radius 3 is 2.57 bits per heavy atom. The van der Waals surface area contributed by atoms with Crippen molar-refractivity contribution in [1.82, 2.24) is 5.32 Å². The maximum Gasteiger partial charge on any atom is 0.263 e. The quantitative estimate of drug-likeness (QED) is 0.720. The lowest BCUT2D eigenvalue weighted by Crippen LogP contribution is -2.51. The van der Waals surface area contributed by atoms with Gasteiger partial charge in [-0.25, -0.2) is 8.42 Å². The Kier molecular flexibility index (Phi) is 6.40. The van der Waals surface area contributed by atoms with Crippen molar-refractivity contribution in [2.75, 3.05) is 30.8 Å². The summed E-state index contributed by atoms with van der Waals surface area (Å²) in [6.45, 7) is 3.32. The van der Waals surface area contributed by atoms with Crippen molar-refractivity contribution >= 4 is 21.6 Å². The Labute approximate surface area is 176 Å². The van der Waals surface area contributed by atoms with Gasteiger partial charge in [0.15, 0.2) is 17.6 Å². The van der Waals surface area contributed by atoms with Crippen LogP contribution in [0.1, 0.15) is 25.5 Å². The highest BCUT2D eigenvalue weighted by molar-refractivity contribution is 7.92. The Hall–Kier alpha value is -2.94. The first-order valence-electron chi connectivity index (χ1n) is 9.59. The van der Waals surface area contributed by atoms with E-state index in [1.807, 2.05) is 13.0 Å². The average molecular weight is 435 g/mol. The number of nitrogens with zero attached hydrogens (tertiary/aromatic N) is 1. The molecule has 8 nitrogen and oxygen atoms in total. The van der Waals surface area contributed by atoms with E-state index in [0.717, 1.165) is 5.56 Å². The van der Waals surface area contributed by atoms with Crippen LogP contribution in [-0.2, 0) is 14.8 Å². The van der Waals surface area contributed by atoms with Crippen molar-refractivity contribution in [2.24, 2.45) is 0 Å². The molecule has 1 N–H and O–H groups in total. The van der Waals surface area contributed by atoms with Crippen LogP contribution in [0.25, 0.3) is 0 Å². The zero-order valence-electron chi connectivity index (χ0n) is 17.4. The zero-order valence-corrected chi connectivity index (χ0v) is 18.2. The van der Waals surface area contributed by atoms with Gasteiger partial charge in [0.2, 0.25) is 10.0 Å². The van der Waals surface area contributed by atoms with Gasteiger partial charge in [0.1, 0.15) is 5.75 Å². The molecule has 0 fully saturated rings. The smallest absolute Gasteiger partial charge is 0.263 e. The topological polar surface area (TPSA) is 94.2 Å². The first-order valence-corrected chi connectivity index (χ1v) is 11.2. The molecule has 0 saturated heterocycles. The van der Waals surface area contributed by atoms with Crippen LogP contribution in [0.3, 0.4) is 0 Å². The first kappa shape index (κ1) is 21.8. The molecule has 30 heavy (non-hydrogen) atoms. The maximum atomic E-state index is 12.9. The van der Waals surface area contributed by atoms with E-state index in [0.29, 0.717) is 22.9 Å². The second-order valence-electron chi connectivity index (χ2n) is 6.85. The standard InChI is InChI=1S/C21H26N2O6S/c1-5-30(25,26)23-13-20(29-17-9-7-6-8-16(17)23)21(24)22-14(2)15-10-11-18(27-3)19(12-15)28-4/h6-12,14,20H,5,13H2,1-4H3,(H,22,24)/t14-,20-/m1/s1. The van der Waals surface area contributed by atoms with Crippen molar-refractivity contribution in [3.05, 3.63) is 48.0 Å². The number of carbonyl (C=O) groups excluding carboxylic acids is 1. The molecule has 0 aromatic heterocycles. The number of hydrogen-bond donors (Lipinski definition) is 1. The van der Waals surface area contributed by atoms with Crippen molar-refractivity contribution in [3.8, 4) is 17.2 Å². The predicted octanol–water partition coefficient (Wildman–Crippen LogP) is 2.50. The number of para-hydroxylation sites is 2. The number of fused-ring (bicyclic) bond motifs is 1. The van der Waals surface area contributed by atoms with Gasteiger partial charge in [0.25, 0.3) is 5.91 Å². The van der Waals surface area contributed by atoms with E-state index >= 15 is 0 Å². The number of methoxy groups -OCH3 is 2. The van der Waals surface area contributed by atoms with E-state index in [1.54, 1.807) is 57.5 Å². The van der Waals surface area contributed by atoms with E-state index in [9.17, 15) is 13.2 Å². The minimum Gasteiger partial charge on any atom is -0.493 e. The summed E-state index contributed by atoms with van der Waals surface area (Å²) in [5.41, 5.74) is 1.26. The fraction of sp³-hybridized carbons (Fsp3) is 0.381.